The molecule has 2 atom stereocenters. The Morgan fingerprint density at radius 1 is 0.706 bits per heavy atom. The van der Waals surface area contributed by atoms with Gasteiger partial charge in [-0.25, -0.2) is 0 Å². The highest BCUT2D eigenvalue weighted by molar-refractivity contribution is 9.10. The molecule has 4 aromatic rings. The van der Waals surface area contributed by atoms with E-state index in [4.69, 9.17) is 14.2 Å². The number of ether oxygens (including phenoxy) is 3. The molecule has 51 heavy (non-hydrogen) atoms. The summed E-state index contributed by atoms with van der Waals surface area (Å²) in [5, 5.41) is 0. The number of hydrogen-bond donors (Lipinski definition) is 0. The van der Waals surface area contributed by atoms with Crippen molar-refractivity contribution in [3.05, 3.63) is 115 Å². The van der Waals surface area contributed by atoms with E-state index in [9.17, 15) is 4.79 Å². The van der Waals surface area contributed by atoms with Crippen molar-refractivity contribution in [2.24, 2.45) is 0 Å². The predicted octanol–water partition coefficient (Wildman–Crippen LogP) is 10.6. The molecule has 0 saturated carbocycles. The molecule has 4 aromatic carbocycles. The fourth-order valence-electron chi connectivity index (χ4n) is 7.54. The largest absolute Gasteiger partial charge is 0.488 e. The molecule has 2 fully saturated rings. The molecule has 6 nitrogen and oxygen atoms in total. The van der Waals surface area contributed by atoms with Crippen LogP contribution in [0.1, 0.15) is 78.8 Å². The molecule has 0 amide bonds. The van der Waals surface area contributed by atoms with Gasteiger partial charge in [0.15, 0.2) is 0 Å². The van der Waals surface area contributed by atoms with Crippen LogP contribution in [0.25, 0.3) is 11.1 Å². The van der Waals surface area contributed by atoms with Crippen LogP contribution >= 0.6 is 31.9 Å². The summed E-state index contributed by atoms with van der Waals surface area (Å²) in [5.41, 5.74) is 9.57. The van der Waals surface area contributed by atoms with Crippen LogP contribution in [0, 0.1) is 13.8 Å². The van der Waals surface area contributed by atoms with E-state index in [-0.39, 0.29) is 12.0 Å². The van der Waals surface area contributed by atoms with Crippen LogP contribution in [0.15, 0.2) is 81.7 Å². The van der Waals surface area contributed by atoms with Gasteiger partial charge in [-0.15, -0.1) is 0 Å². The number of nitrogens with zero attached hydrogens (tertiary/aromatic N) is 2. The van der Waals surface area contributed by atoms with E-state index in [1.807, 2.05) is 6.07 Å². The van der Waals surface area contributed by atoms with Gasteiger partial charge in [-0.2, -0.15) is 0 Å². The summed E-state index contributed by atoms with van der Waals surface area (Å²) in [4.78, 5) is 17.2. The number of likely N-dealkylation sites (tertiary alicyclic amines) is 2. The lowest BCUT2D eigenvalue weighted by Crippen LogP contribution is -2.44. The summed E-state index contributed by atoms with van der Waals surface area (Å²) in [6.45, 7) is 11.4. The lowest BCUT2D eigenvalue weighted by molar-refractivity contribution is -0.148. The van der Waals surface area contributed by atoms with Gasteiger partial charge in [0.05, 0.1) is 16.1 Å². The van der Waals surface area contributed by atoms with Crippen molar-refractivity contribution < 1.29 is 19.0 Å². The van der Waals surface area contributed by atoms with Crippen LogP contribution in [-0.2, 0) is 35.8 Å². The van der Waals surface area contributed by atoms with Gasteiger partial charge in [0.1, 0.15) is 30.8 Å². The Bertz CT molecular complexity index is 1830. The molecule has 0 aromatic heterocycles. The molecular formula is C43H50Br2N2O4. The van der Waals surface area contributed by atoms with Gasteiger partial charge in [0.25, 0.3) is 0 Å². The second-order valence-electron chi connectivity index (χ2n) is 14.1. The lowest BCUT2D eigenvalue weighted by atomic mass is 9.92. The van der Waals surface area contributed by atoms with Crippen molar-refractivity contribution in [3.8, 4) is 22.6 Å². The third-order valence-electron chi connectivity index (χ3n) is 10.7. The highest BCUT2D eigenvalue weighted by atomic mass is 79.9. The zero-order valence-electron chi connectivity index (χ0n) is 30.4. The van der Waals surface area contributed by atoms with Crippen LogP contribution in [0.2, 0.25) is 0 Å². The average molecular weight is 819 g/mol. The number of carbonyl (C=O) groups excluding carboxylic acids is 1. The van der Waals surface area contributed by atoms with Gasteiger partial charge in [0.2, 0.25) is 0 Å². The highest BCUT2D eigenvalue weighted by Crippen LogP contribution is 2.34. The van der Waals surface area contributed by atoms with E-state index < -0.39 is 0 Å². The number of piperidine rings is 2. The molecule has 0 bridgehead atoms. The summed E-state index contributed by atoms with van der Waals surface area (Å²) in [7, 11) is 1.47. The molecule has 8 heteroatoms. The highest BCUT2D eigenvalue weighted by Gasteiger charge is 2.29. The molecule has 0 N–H and O–H groups in total. The van der Waals surface area contributed by atoms with Crippen molar-refractivity contribution in [1.29, 1.82) is 0 Å². The number of rotatable bonds is 12. The van der Waals surface area contributed by atoms with Gasteiger partial charge in [-0.3, -0.25) is 14.6 Å². The number of carbonyl (C=O) groups is 1. The minimum atomic E-state index is -0.177. The van der Waals surface area contributed by atoms with E-state index in [0.29, 0.717) is 25.8 Å². The first-order valence-electron chi connectivity index (χ1n) is 18.3. The van der Waals surface area contributed by atoms with Crippen molar-refractivity contribution >= 4 is 37.8 Å². The summed E-state index contributed by atoms with van der Waals surface area (Å²) in [6, 6.07) is 26.1. The van der Waals surface area contributed by atoms with Crippen molar-refractivity contribution in [1.82, 2.24) is 9.80 Å². The monoisotopic (exact) mass is 816 g/mol. The van der Waals surface area contributed by atoms with Crippen LogP contribution in [0.4, 0.5) is 0 Å². The average Bonchev–Trinajstić information content (AvgIpc) is 3.13. The SMILES string of the molecule is COC(=O)[C@@H]1CCCCN1Cc1ccc(OCc2cccc(-c3cccc(COc4ccc(CN5CCCC[C@H]5C)cc4Br)c3C)c2C)c(Br)c1. The minimum Gasteiger partial charge on any atom is -0.488 e. The first-order chi connectivity index (χ1) is 24.7. The van der Waals surface area contributed by atoms with E-state index >= 15 is 0 Å². The second-order valence-corrected chi connectivity index (χ2v) is 15.8. The van der Waals surface area contributed by atoms with Crippen molar-refractivity contribution in [3.63, 3.8) is 0 Å². The number of halogens is 2. The Morgan fingerprint density at radius 3 is 1.73 bits per heavy atom. The Labute approximate surface area is 320 Å². The van der Waals surface area contributed by atoms with Crippen LogP contribution in [0.5, 0.6) is 11.5 Å². The molecule has 0 spiro atoms. The molecule has 0 radical (unpaired) electrons. The Balaban J connectivity index is 1.09. The molecule has 0 aliphatic carbocycles. The topological polar surface area (TPSA) is 51.2 Å². The number of esters is 1. The number of methoxy groups -OCH3 is 1. The second kappa shape index (κ2) is 17.6. The first-order valence-corrected chi connectivity index (χ1v) is 19.9. The molecule has 2 heterocycles. The molecule has 270 valence electrons. The summed E-state index contributed by atoms with van der Waals surface area (Å²) in [6.07, 6.45) is 6.90. The first kappa shape index (κ1) is 37.6. The summed E-state index contributed by atoms with van der Waals surface area (Å²) in [5.74, 6) is 1.51. The van der Waals surface area contributed by atoms with Crippen LogP contribution in [0.3, 0.4) is 0 Å². The number of benzene rings is 4. The van der Waals surface area contributed by atoms with Gasteiger partial charge in [0, 0.05) is 19.1 Å². The molecule has 6 rings (SSSR count). The van der Waals surface area contributed by atoms with E-state index in [0.717, 1.165) is 69.5 Å². The normalized spacial score (nSPS) is 18.4. The Morgan fingerprint density at radius 2 is 1.22 bits per heavy atom. The van der Waals surface area contributed by atoms with Gasteiger partial charge >= 0.3 is 5.97 Å². The standard InChI is InChI=1S/C43H50Br2N2O4/c1-29-11-5-7-21-46(29)25-32-17-19-41(38(44)23-32)50-27-34-12-9-14-36(30(34)2)37-15-10-13-35(31(37)3)28-51-42-20-18-33(24-39(42)45)26-47-22-8-6-16-40(47)43(48)49-4/h9-10,12-15,17-20,23-24,29,40H,5-8,11,16,21-22,25-28H2,1-4H3/t29-,40+/m1/s1. The van der Waals surface area contributed by atoms with E-state index in [1.165, 1.54) is 60.7 Å². The Hall–Kier alpha value is -3.17. The van der Waals surface area contributed by atoms with Crippen molar-refractivity contribution in [2.75, 3.05) is 20.2 Å². The maximum Gasteiger partial charge on any atom is 0.323 e. The Kier molecular flexibility index (Phi) is 12.9. The molecule has 2 aliphatic rings. The molecule has 0 unspecified atom stereocenters. The van der Waals surface area contributed by atoms with Crippen LogP contribution in [-0.4, -0.2) is 48.1 Å². The molecule has 2 saturated heterocycles. The quantitative estimate of drug-likeness (QED) is 0.133. The maximum atomic E-state index is 12.3. The summed E-state index contributed by atoms with van der Waals surface area (Å²) >= 11 is 7.52. The predicted molar refractivity (Wildman–Crippen MR) is 212 cm³/mol. The zero-order chi connectivity index (χ0) is 35.9. The zero-order valence-corrected chi connectivity index (χ0v) is 33.5. The third-order valence-corrected chi connectivity index (χ3v) is 12.0. The maximum absolute atomic E-state index is 12.3. The number of hydrogen-bond acceptors (Lipinski definition) is 6. The van der Waals surface area contributed by atoms with Crippen LogP contribution < -0.4 is 9.47 Å². The fourth-order valence-corrected chi connectivity index (χ4v) is 8.62. The van der Waals surface area contributed by atoms with E-state index in [2.05, 4.69) is 129 Å². The van der Waals surface area contributed by atoms with Gasteiger partial charge < -0.3 is 14.2 Å². The smallest absolute Gasteiger partial charge is 0.323 e. The molecular weight excluding hydrogens is 768 g/mol. The molecule has 2 aliphatic heterocycles. The fraction of sp³-hybridized carbons (Fsp3) is 0.419. The third kappa shape index (κ3) is 9.26. The van der Waals surface area contributed by atoms with Gasteiger partial charge in [-0.05, 0) is 160 Å². The van der Waals surface area contributed by atoms with E-state index in [1.54, 1.807) is 0 Å². The lowest BCUT2D eigenvalue weighted by Gasteiger charge is -2.33. The van der Waals surface area contributed by atoms with Gasteiger partial charge in [-0.1, -0.05) is 61.4 Å². The minimum absolute atomic E-state index is 0.145. The van der Waals surface area contributed by atoms with Crippen molar-refractivity contribution in [2.45, 2.75) is 97.7 Å². The summed E-state index contributed by atoms with van der Waals surface area (Å²) < 4.78 is 19.7.